The van der Waals surface area contributed by atoms with Crippen molar-refractivity contribution in [2.75, 3.05) is 0 Å². The van der Waals surface area contributed by atoms with E-state index in [1.54, 1.807) is 0 Å². The van der Waals surface area contributed by atoms with Crippen molar-refractivity contribution in [3.05, 3.63) is 28.0 Å². The van der Waals surface area contributed by atoms with Crippen LogP contribution in [0.15, 0.2) is 16.5 Å². The predicted octanol–water partition coefficient (Wildman–Crippen LogP) is 0.873. The highest BCUT2D eigenvalue weighted by atomic mass is 16.6. The molecule has 0 spiro atoms. The number of aliphatic carboxylic acids is 1. The third kappa shape index (κ3) is 1.28. The Morgan fingerprint density at radius 1 is 1.50 bits per heavy atom. The zero-order valence-corrected chi connectivity index (χ0v) is 8.00. The van der Waals surface area contributed by atoms with Crippen molar-refractivity contribution in [3.8, 4) is 0 Å². The number of furan rings is 1. The second kappa shape index (κ2) is 3.16. The molecule has 0 aliphatic heterocycles. The molecule has 0 bridgehead atoms. The molecule has 1 N–H and O–H groups in total. The van der Waals surface area contributed by atoms with Crippen LogP contribution in [0.3, 0.4) is 0 Å². The molecule has 2 rings (SSSR count). The molecule has 0 amide bonds. The van der Waals surface area contributed by atoms with E-state index >= 15 is 0 Å². The van der Waals surface area contributed by atoms with Gasteiger partial charge in [0.15, 0.2) is 0 Å². The van der Waals surface area contributed by atoms with Gasteiger partial charge in [-0.3, -0.25) is 19.7 Å². The van der Waals surface area contributed by atoms with Gasteiger partial charge in [0.25, 0.3) is 0 Å². The summed E-state index contributed by atoms with van der Waals surface area (Å²) in [5.74, 6) is -1.95. The zero-order chi connectivity index (χ0) is 11.9. The third-order valence-electron chi connectivity index (χ3n) is 2.65. The second-order valence-electron chi connectivity index (χ2n) is 3.67. The van der Waals surface area contributed by atoms with Gasteiger partial charge < -0.3 is 9.52 Å². The fourth-order valence-corrected chi connectivity index (χ4v) is 1.74. The smallest absolute Gasteiger partial charge is 0.433 e. The van der Waals surface area contributed by atoms with Crippen LogP contribution in [0, 0.1) is 10.1 Å². The van der Waals surface area contributed by atoms with E-state index in [-0.39, 0.29) is 24.4 Å². The number of carbonyl (C=O) groups excluding carboxylic acids is 1. The number of nitrogens with zero attached hydrogens (tertiary/aromatic N) is 1. The lowest BCUT2D eigenvalue weighted by Crippen LogP contribution is -2.48. The summed E-state index contributed by atoms with van der Waals surface area (Å²) in [4.78, 5) is 31.6. The number of Topliss-reactive ketones (excluding diaryl/α,β-unsaturated/α-hetero) is 1. The van der Waals surface area contributed by atoms with Gasteiger partial charge in [-0.15, -0.1) is 0 Å². The highest BCUT2D eigenvalue weighted by Crippen LogP contribution is 2.43. The van der Waals surface area contributed by atoms with Crippen LogP contribution in [0.1, 0.15) is 18.6 Å². The van der Waals surface area contributed by atoms with Crippen molar-refractivity contribution in [2.24, 2.45) is 0 Å². The first-order valence-electron chi connectivity index (χ1n) is 4.45. The number of hydrogen-bond acceptors (Lipinski definition) is 5. The number of nitro groups is 1. The average Bonchev–Trinajstić information content (AvgIpc) is 2.60. The molecular weight excluding hydrogens is 218 g/mol. The summed E-state index contributed by atoms with van der Waals surface area (Å²) < 4.78 is 4.83. The van der Waals surface area contributed by atoms with Crippen LogP contribution < -0.4 is 0 Å². The molecule has 1 saturated carbocycles. The van der Waals surface area contributed by atoms with Gasteiger partial charge in [-0.2, -0.15) is 0 Å². The second-order valence-corrected chi connectivity index (χ2v) is 3.67. The Hall–Kier alpha value is -2.18. The van der Waals surface area contributed by atoms with Crippen LogP contribution in [0.4, 0.5) is 5.88 Å². The number of rotatable bonds is 3. The summed E-state index contributed by atoms with van der Waals surface area (Å²) in [6.45, 7) is 0. The molecule has 1 aromatic rings. The molecule has 0 unspecified atom stereocenters. The SMILES string of the molecule is O=C1CC(C(=O)O)(c2ccc([N+](=O)[O-])o2)C1. The molecule has 1 fully saturated rings. The van der Waals surface area contributed by atoms with Crippen LogP contribution in [-0.2, 0) is 15.0 Å². The Bertz CT molecular complexity index is 480. The lowest BCUT2D eigenvalue weighted by molar-refractivity contribution is -0.402. The Kier molecular flexibility index (Phi) is 2.04. The topological polar surface area (TPSA) is 111 Å². The van der Waals surface area contributed by atoms with E-state index in [9.17, 15) is 19.7 Å². The van der Waals surface area contributed by atoms with Gasteiger partial charge in [0.05, 0.1) is 6.07 Å². The van der Waals surface area contributed by atoms with Gasteiger partial charge in [-0.1, -0.05) is 0 Å². The molecule has 0 saturated heterocycles. The maximum atomic E-state index is 11.0. The maximum absolute atomic E-state index is 11.0. The van der Waals surface area contributed by atoms with E-state index in [4.69, 9.17) is 9.52 Å². The minimum Gasteiger partial charge on any atom is -0.480 e. The van der Waals surface area contributed by atoms with Crippen LogP contribution in [0.5, 0.6) is 0 Å². The highest BCUT2D eigenvalue weighted by Gasteiger charge is 2.54. The minimum atomic E-state index is -1.41. The van der Waals surface area contributed by atoms with Gasteiger partial charge in [-0.05, 0) is 6.07 Å². The van der Waals surface area contributed by atoms with Crippen molar-refractivity contribution in [1.29, 1.82) is 0 Å². The summed E-state index contributed by atoms with van der Waals surface area (Å²) in [5, 5.41) is 19.4. The lowest BCUT2D eigenvalue weighted by atomic mass is 9.66. The summed E-state index contributed by atoms with van der Waals surface area (Å²) in [5.41, 5.74) is -1.41. The first kappa shape index (κ1) is 10.3. The van der Waals surface area contributed by atoms with E-state index < -0.39 is 22.2 Å². The highest BCUT2D eigenvalue weighted by molar-refractivity contribution is 6.00. The molecule has 7 heteroatoms. The monoisotopic (exact) mass is 225 g/mol. The molecule has 84 valence electrons. The number of ketones is 1. The standard InChI is InChI=1S/C9H7NO6/c11-5-3-9(4-5,8(12)13)6-1-2-7(16-6)10(14)15/h1-2H,3-4H2,(H,12,13). The normalized spacial score (nSPS) is 17.9. The van der Waals surface area contributed by atoms with E-state index in [0.29, 0.717) is 0 Å². The van der Waals surface area contributed by atoms with Gasteiger partial charge in [0.2, 0.25) is 0 Å². The molecule has 1 heterocycles. The lowest BCUT2D eigenvalue weighted by Gasteiger charge is -2.33. The van der Waals surface area contributed by atoms with E-state index in [1.807, 2.05) is 0 Å². The van der Waals surface area contributed by atoms with Gasteiger partial charge in [0, 0.05) is 12.8 Å². The Balaban J connectivity index is 2.37. The molecular formula is C9H7NO6. The van der Waals surface area contributed by atoms with Crippen LogP contribution in [0.25, 0.3) is 0 Å². The summed E-state index contributed by atoms with van der Waals surface area (Å²) in [6.07, 6.45) is -0.347. The number of carboxylic acid groups (broad SMARTS) is 1. The summed E-state index contributed by atoms with van der Waals surface area (Å²) in [6, 6.07) is 2.32. The van der Waals surface area contributed by atoms with Crippen molar-refractivity contribution in [2.45, 2.75) is 18.3 Å². The third-order valence-corrected chi connectivity index (χ3v) is 2.65. The molecule has 1 aliphatic carbocycles. The first-order chi connectivity index (χ1) is 7.45. The molecule has 0 atom stereocenters. The molecule has 16 heavy (non-hydrogen) atoms. The fourth-order valence-electron chi connectivity index (χ4n) is 1.74. The maximum Gasteiger partial charge on any atom is 0.433 e. The average molecular weight is 225 g/mol. The number of carboxylic acids is 1. The summed E-state index contributed by atoms with van der Waals surface area (Å²) >= 11 is 0. The zero-order valence-electron chi connectivity index (χ0n) is 8.00. The quantitative estimate of drug-likeness (QED) is 0.603. The number of hydrogen-bond donors (Lipinski definition) is 1. The Morgan fingerprint density at radius 2 is 2.12 bits per heavy atom. The van der Waals surface area contributed by atoms with E-state index in [0.717, 1.165) is 6.07 Å². The number of carbonyl (C=O) groups is 2. The van der Waals surface area contributed by atoms with Gasteiger partial charge >= 0.3 is 11.9 Å². The molecule has 0 aromatic carbocycles. The van der Waals surface area contributed by atoms with Crippen molar-refractivity contribution in [3.63, 3.8) is 0 Å². The first-order valence-corrected chi connectivity index (χ1v) is 4.45. The minimum absolute atomic E-state index is 0.0358. The summed E-state index contributed by atoms with van der Waals surface area (Å²) in [7, 11) is 0. The molecule has 1 aliphatic rings. The largest absolute Gasteiger partial charge is 0.480 e. The van der Waals surface area contributed by atoms with E-state index in [2.05, 4.69) is 0 Å². The van der Waals surface area contributed by atoms with Gasteiger partial charge in [-0.25, -0.2) is 0 Å². The van der Waals surface area contributed by atoms with Crippen LogP contribution in [0.2, 0.25) is 0 Å². The predicted molar refractivity (Wildman–Crippen MR) is 48.9 cm³/mol. The van der Waals surface area contributed by atoms with Crippen molar-refractivity contribution in [1.82, 2.24) is 0 Å². The Labute approximate surface area is 88.8 Å². The van der Waals surface area contributed by atoms with Crippen molar-refractivity contribution >= 4 is 17.6 Å². The molecule has 0 radical (unpaired) electrons. The fraction of sp³-hybridized carbons (Fsp3) is 0.333. The van der Waals surface area contributed by atoms with E-state index in [1.165, 1.54) is 6.07 Å². The van der Waals surface area contributed by atoms with Crippen LogP contribution in [-0.4, -0.2) is 21.8 Å². The Morgan fingerprint density at radius 3 is 2.50 bits per heavy atom. The van der Waals surface area contributed by atoms with Crippen molar-refractivity contribution < 1.29 is 24.0 Å². The molecule has 1 aromatic heterocycles. The van der Waals surface area contributed by atoms with Crippen LogP contribution >= 0.6 is 0 Å². The molecule has 7 nitrogen and oxygen atoms in total. The van der Waals surface area contributed by atoms with Gasteiger partial charge in [0.1, 0.15) is 21.9 Å².